The molecule has 1 aromatic heterocycles. The molecular formula is C16H18N4O4. The second-order valence-electron chi connectivity index (χ2n) is 6.57. The average molecular weight is 330 g/mol. The van der Waals surface area contributed by atoms with Gasteiger partial charge in [0.25, 0.3) is 5.69 Å². The summed E-state index contributed by atoms with van der Waals surface area (Å²) < 4.78 is 5.40. The average Bonchev–Trinajstić information content (AvgIpc) is 3.11. The molecule has 1 saturated carbocycles. The lowest BCUT2D eigenvalue weighted by atomic mass is 10.2. The zero-order valence-electron chi connectivity index (χ0n) is 13.0. The standard InChI is InChI=1S/C16H18N4O4/c21-13-7-14(19(9-13)8-10-4-5-10)16-17-15(18-24-16)11-2-1-3-12(6-11)20(22)23/h1-3,6,10,13-14,21H,4-5,7-9H2/t13-,14+/m1/s1. The van der Waals surface area contributed by atoms with Gasteiger partial charge in [-0.05, 0) is 25.2 Å². The summed E-state index contributed by atoms with van der Waals surface area (Å²) in [6, 6.07) is 6.09. The van der Waals surface area contributed by atoms with Gasteiger partial charge in [-0.3, -0.25) is 15.0 Å². The maximum Gasteiger partial charge on any atom is 0.270 e. The Bertz CT molecular complexity index is 758. The van der Waals surface area contributed by atoms with E-state index in [-0.39, 0.29) is 17.8 Å². The fraction of sp³-hybridized carbons (Fsp3) is 0.500. The van der Waals surface area contributed by atoms with Gasteiger partial charge >= 0.3 is 0 Å². The summed E-state index contributed by atoms with van der Waals surface area (Å²) >= 11 is 0. The summed E-state index contributed by atoms with van der Waals surface area (Å²) in [4.78, 5) is 17.1. The van der Waals surface area contributed by atoms with E-state index in [1.807, 2.05) is 0 Å². The van der Waals surface area contributed by atoms with Gasteiger partial charge in [-0.1, -0.05) is 17.3 Å². The van der Waals surface area contributed by atoms with Crippen molar-refractivity contribution < 1.29 is 14.6 Å². The molecule has 2 aliphatic rings. The Morgan fingerprint density at radius 1 is 1.42 bits per heavy atom. The highest BCUT2D eigenvalue weighted by molar-refractivity contribution is 5.58. The van der Waals surface area contributed by atoms with Crippen molar-refractivity contribution in [2.45, 2.75) is 31.4 Å². The highest BCUT2D eigenvalue weighted by Crippen LogP contribution is 2.37. The molecule has 0 amide bonds. The number of aromatic nitrogens is 2. The van der Waals surface area contributed by atoms with Crippen molar-refractivity contribution in [1.82, 2.24) is 15.0 Å². The van der Waals surface area contributed by atoms with Gasteiger partial charge in [-0.2, -0.15) is 4.98 Å². The molecule has 24 heavy (non-hydrogen) atoms. The molecule has 1 N–H and O–H groups in total. The summed E-state index contributed by atoms with van der Waals surface area (Å²) in [5.74, 6) is 1.51. The van der Waals surface area contributed by atoms with Crippen LogP contribution in [0, 0.1) is 16.0 Å². The van der Waals surface area contributed by atoms with Gasteiger partial charge in [0.1, 0.15) is 0 Å². The van der Waals surface area contributed by atoms with E-state index in [9.17, 15) is 15.2 Å². The lowest BCUT2D eigenvalue weighted by Crippen LogP contribution is -2.27. The number of benzene rings is 1. The van der Waals surface area contributed by atoms with Crippen molar-refractivity contribution in [3.8, 4) is 11.4 Å². The summed E-state index contributed by atoms with van der Waals surface area (Å²) in [6.07, 6.45) is 2.66. The number of hydrogen-bond donors (Lipinski definition) is 1. The quantitative estimate of drug-likeness (QED) is 0.661. The largest absolute Gasteiger partial charge is 0.392 e. The van der Waals surface area contributed by atoms with Gasteiger partial charge in [0.2, 0.25) is 11.7 Å². The Balaban J connectivity index is 1.57. The van der Waals surface area contributed by atoms with Crippen molar-refractivity contribution >= 4 is 5.69 Å². The molecule has 2 aromatic rings. The monoisotopic (exact) mass is 330 g/mol. The van der Waals surface area contributed by atoms with E-state index in [0.717, 1.165) is 6.54 Å². The number of hydrogen-bond acceptors (Lipinski definition) is 7. The molecular weight excluding hydrogens is 312 g/mol. The molecule has 0 spiro atoms. The van der Waals surface area contributed by atoms with Gasteiger partial charge in [0.15, 0.2) is 0 Å². The first kappa shape index (κ1) is 15.2. The normalized spacial score (nSPS) is 24.4. The maximum atomic E-state index is 10.9. The van der Waals surface area contributed by atoms with Crippen LogP contribution < -0.4 is 0 Å². The summed E-state index contributed by atoms with van der Waals surface area (Å²) in [5.41, 5.74) is 0.539. The summed E-state index contributed by atoms with van der Waals surface area (Å²) in [5, 5.41) is 24.8. The van der Waals surface area contributed by atoms with Crippen molar-refractivity contribution in [3.63, 3.8) is 0 Å². The maximum absolute atomic E-state index is 10.9. The number of aliphatic hydroxyl groups excluding tert-OH is 1. The topological polar surface area (TPSA) is 106 Å². The minimum Gasteiger partial charge on any atom is -0.392 e. The summed E-state index contributed by atoms with van der Waals surface area (Å²) in [7, 11) is 0. The highest BCUT2D eigenvalue weighted by atomic mass is 16.6. The smallest absolute Gasteiger partial charge is 0.270 e. The minimum atomic E-state index is -0.449. The van der Waals surface area contributed by atoms with E-state index in [1.165, 1.54) is 25.0 Å². The molecule has 0 bridgehead atoms. The number of rotatable bonds is 5. The zero-order chi connectivity index (χ0) is 16.7. The van der Waals surface area contributed by atoms with Crippen LogP contribution in [0.3, 0.4) is 0 Å². The lowest BCUT2D eigenvalue weighted by Gasteiger charge is -2.20. The third-order valence-corrected chi connectivity index (χ3v) is 4.61. The Kier molecular flexibility index (Phi) is 3.78. The third kappa shape index (κ3) is 3.02. The van der Waals surface area contributed by atoms with Crippen molar-refractivity contribution in [3.05, 3.63) is 40.3 Å². The Morgan fingerprint density at radius 2 is 2.25 bits per heavy atom. The molecule has 1 saturated heterocycles. The van der Waals surface area contributed by atoms with E-state index in [1.54, 1.807) is 12.1 Å². The first-order valence-electron chi connectivity index (χ1n) is 8.10. The Morgan fingerprint density at radius 3 is 3.00 bits per heavy atom. The molecule has 8 nitrogen and oxygen atoms in total. The van der Waals surface area contributed by atoms with Crippen molar-refractivity contribution in [2.75, 3.05) is 13.1 Å². The van der Waals surface area contributed by atoms with E-state index in [0.29, 0.717) is 36.2 Å². The molecule has 126 valence electrons. The fourth-order valence-corrected chi connectivity index (χ4v) is 3.22. The van der Waals surface area contributed by atoms with Gasteiger partial charge in [0, 0.05) is 30.8 Å². The van der Waals surface area contributed by atoms with Crippen LogP contribution in [0.4, 0.5) is 5.69 Å². The van der Waals surface area contributed by atoms with Crippen LogP contribution in [0.1, 0.15) is 31.2 Å². The van der Waals surface area contributed by atoms with E-state index in [4.69, 9.17) is 4.52 Å². The molecule has 4 rings (SSSR count). The first-order valence-corrected chi connectivity index (χ1v) is 8.10. The number of likely N-dealkylation sites (tertiary alicyclic amines) is 1. The van der Waals surface area contributed by atoms with Crippen LogP contribution in [0.15, 0.2) is 28.8 Å². The van der Waals surface area contributed by atoms with Gasteiger partial charge in [-0.25, -0.2) is 0 Å². The second kappa shape index (κ2) is 5.95. The molecule has 1 aromatic carbocycles. The van der Waals surface area contributed by atoms with Crippen LogP contribution in [-0.2, 0) is 0 Å². The molecule has 1 aliphatic carbocycles. The first-order chi connectivity index (χ1) is 11.6. The van der Waals surface area contributed by atoms with Gasteiger partial charge in [0.05, 0.1) is 17.1 Å². The Hall–Kier alpha value is -2.32. The number of nitro groups is 1. The molecule has 2 fully saturated rings. The number of aliphatic hydroxyl groups is 1. The van der Waals surface area contributed by atoms with Crippen LogP contribution in [-0.4, -0.2) is 44.3 Å². The SMILES string of the molecule is O=[N+]([O-])c1cccc(-c2noc([C@@H]3C[C@@H](O)CN3CC3CC3)n2)c1. The van der Waals surface area contributed by atoms with Gasteiger partial charge in [-0.15, -0.1) is 0 Å². The summed E-state index contributed by atoms with van der Waals surface area (Å²) in [6.45, 7) is 1.56. The molecule has 8 heteroatoms. The fourth-order valence-electron chi connectivity index (χ4n) is 3.22. The molecule has 2 heterocycles. The van der Waals surface area contributed by atoms with E-state index in [2.05, 4.69) is 15.0 Å². The molecule has 0 unspecified atom stereocenters. The highest BCUT2D eigenvalue weighted by Gasteiger charge is 2.38. The van der Waals surface area contributed by atoms with Crippen molar-refractivity contribution in [2.24, 2.45) is 5.92 Å². The van der Waals surface area contributed by atoms with Crippen LogP contribution >= 0.6 is 0 Å². The van der Waals surface area contributed by atoms with Crippen molar-refractivity contribution in [1.29, 1.82) is 0 Å². The molecule has 0 radical (unpaired) electrons. The Labute approximate surface area is 138 Å². The second-order valence-corrected chi connectivity index (χ2v) is 6.57. The third-order valence-electron chi connectivity index (χ3n) is 4.61. The van der Waals surface area contributed by atoms with Gasteiger partial charge < -0.3 is 9.63 Å². The lowest BCUT2D eigenvalue weighted by molar-refractivity contribution is -0.384. The van der Waals surface area contributed by atoms with Crippen LogP contribution in [0.5, 0.6) is 0 Å². The molecule has 1 aliphatic heterocycles. The predicted octanol–water partition coefficient (Wildman–Crippen LogP) is 2.16. The zero-order valence-corrected chi connectivity index (χ0v) is 13.0. The number of nitro benzene ring substituents is 1. The minimum absolute atomic E-state index is 0.00880. The van der Waals surface area contributed by atoms with E-state index >= 15 is 0 Å². The van der Waals surface area contributed by atoms with E-state index < -0.39 is 4.92 Å². The van der Waals surface area contributed by atoms with Crippen LogP contribution in [0.2, 0.25) is 0 Å². The number of β-amino-alcohol motifs (C(OH)–C–C–N with tert-alkyl or cyclic N) is 1. The molecule has 2 atom stereocenters. The number of nitrogens with zero attached hydrogens (tertiary/aromatic N) is 4. The predicted molar refractivity (Wildman–Crippen MR) is 84.1 cm³/mol. The number of non-ortho nitro benzene ring substituents is 1. The van der Waals surface area contributed by atoms with Crippen LogP contribution in [0.25, 0.3) is 11.4 Å².